The normalized spacial score (nSPS) is 17.0. The van der Waals surface area contributed by atoms with Gasteiger partial charge in [0, 0.05) is 5.56 Å². The van der Waals surface area contributed by atoms with Crippen molar-refractivity contribution in [3.8, 4) is 28.0 Å². The summed E-state index contributed by atoms with van der Waals surface area (Å²) >= 11 is 0. The standard InChI is InChI=1S/C37H33F9O2/c1-2-3-4-5-22-6-8-23(9-7-22)25-12-16-29(30(38)18-25)27-20-32(40)35(33(41)21-27)36(42,43)47-28-14-10-24(11-15-28)26-13-17-34(31(39)19-26)48-37(44,45)46/h6-9,12-13,16-21,24,28H,2-5,10-11,14-15H2,1H3. The molecular weight excluding hydrogens is 647 g/mol. The molecular formula is C37H33F9O2. The maximum Gasteiger partial charge on any atom is 0.573 e. The first-order chi connectivity index (χ1) is 22.7. The van der Waals surface area contributed by atoms with Crippen LogP contribution in [-0.4, -0.2) is 12.5 Å². The maximum atomic E-state index is 15.2. The number of alkyl halides is 5. The number of hydrogen-bond donors (Lipinski definition) is 0. The summed E-state index contributed by atoms with van der Waals surface area (Å²) in [7, 11) is 0. The van der Waals surface area contributed by atoms with Crippen LogP contribution in [0, 0.1) is 23.3 Å². The largest absolute Gasteiger partial charge is 0.573 e. The van der Waals surface area contributed by atoms with Crippen molar-refractivity contribution < 1.29 is 49.0 Å². The fourth-order valence-corrected chi connectivity index (χ4v) is 6.14. The van der Waals surface area contributed by atoms with Gasteiger partial charge >= 0.3 is 12.5 Å². The van der Waals surface area contributed by atoms with Gasteiger partial charge in [-0.2, -0.15) is 8.78 Å². The third-order valence-electron chi connectivity index (χ3n) is 8.61. The minimum Gasteiger partial charge on any atom is -0.403 e. The minimum atomic E-state index is -5.06. The number of hydrogen-bond acceptors (Lipinski definition) is 2. The summed E-state index contributed by atoms with van der Waals surface area (Å²) in [6.07, 6.45) is -5.84. The van der Waals surface area contributed by atoms with E-state index in [9.17, 15) is 17.6 Å². The van der Waals surface area contributed by atoms with E-state index in [0.29, 0.717) is 23.3 Å². The van der Waals surface area contributed by atoms with Gasteiger partial charge in [-0.05, 0) is 103 Å². The molecule has 1 aliphatic rings. The third kappa shape index (κ3) is 8.53. The molecule has 11 heteroatoms. The van der Waals surface area contributed by atoms with Gasteiger partial charge in [0.25, 0.3) is 0 Å². The number of benzene rings is 4. The summed E-state index contributed by atoms with van der Waals surface area (Å²) in [5, 5.41) is 0. The first kappa shape index (κ1) is 35.3. The van der Waals surface area contributed by atoms with E-state index in [1.54, 1.807) is 6.07 Å². The molecule has 0 radical (unpaired) electrons. The Labute approximate surface area is 272 Å². The molecule has 0 spiro atoms. The van der Waals surface area contributed by atoms with Gasteiger partial charge in [-0.15, -0.1) is 13.2 Å². The second-order valence-corrected chi connectivity index (χ2v) is 12.0. The molecule has 0 saturated heterocycles. The van der Waals surface area contributed by atoms with Crippen LogP contribution in [0.1, 0.15) is 74.5 Å². The van der Waals surface area contributed by atoms with Crippen LogP contribution in [0.15, 0.2) is 72.8 Å². The molecule has 4 aromatic carbocycles. The number of rotatable bonds is 11. The van der Waals surface area contributed by atoms with Crippen molar-refractivity contribution in [1.82, 2.24) is 0 Å². The topological polar surface area (TPSA) is 18.5 Å². The van der Waals surface area contributed by atoms with Crippen molar-refractivity contribution in [2.24, 2.45) is 0 Å². The second kappa shape index (κ2) is 14.6. The molecule has 4 aromatic rings. The van der Waals surface area contributed by atoms with Crippen LogP contribution in [0.2, 0.25) is 0 Å². The number of halogens is 9. The summed E-state index contributed by atoms with van der Waals surface area (Å²) < 4.78 is 136. The Kier molecular flexibility index (Phi) is 10.8. The SMILES string of the molecule is CCCCCc1ccc(-c2ccc(-c3cc(F)c(C(F)(F)OC4CCC(c5ccc(OC(F)(F)F)c(F)c5)CC4)c(F)c3)c(F)c2)cc1. The quantitative estimate of drug-likeness (QED) is 0.116. The van der Waals surface area contributed by atoms with E-state index < -0.39 is 53.2 Å². The van der Waals surface area contributed by atoms with Gasteiger partial charge in [0.05, 0.1) is 6.10 Å². The molecule has 1 saturated carbocycles. The van der Waals surface area contributed by atoms with Crippen molar-refractivity contribution >= 4 is 0 Å². The summed E-state index contributed by atoms with van der Waals surface area (Å²) in [4.78, 5) is 0. The second-order valence-electron chi connectivity index (χ2n) is 12.0. The average Bonchev–Trinajstić information content (AvgIpc) is 3.01. The van der Waals surface area contributed by atoms with Crippen LogP contribution < -0.4 is 4.74 Å². The van der Waals surface area contributed by atoms with E-state index in [2.05, 4.69) is 11.7 Å². The zero-order valence-electron chi connectivity index (χ0n) is 26.0. The summed E-state index contributed by atoms with van der Waals surface area (Å²) in [6, 6.07) is 16.1. The third-order valence-corrected chi connectivity index (χ3v) is 8.61. The van der Waals surface area contributed by atoms with Crippen molar-refractivity contribution in [2.45, 2.75) is 82.8 Å². The van der Waals surface area contributed by atoms with Crippen LogP contribution in [0.3, 0.4) is 0 Å². The van der Waals surface area contributed by atoms with Gasteiger partial charge in [-0.25, -0.2) is 17.6 Å². The lowest BCUT2D eigenvalue weighted by molar-refractivity contribution is -0.280. The van der Waals surface area contributed by atoms with Crippen molar-refractivity contribution in [3.05, 3.63) is 113 Å². The summed E-state index contributed by atoms with van der Waals surface area (Å²) in [6.45, 7) is 2.13. The molecule has 256 valence electrons. The molecule has 0 N–H and O–H groups in total. The lowest BCUT2D eigenvalue weighted by Gasteiger charge is -2.31. The van der Waals surface area contributed by atoms with E-state index in [4.69, 9.17) is 4.74 Å². The first-order valence-electron chi connectivity index (χ1n) is 15.7. The van der Waals surface area contributed by atoms with Gasteiger partial charge in [0.1, 0.15) is 23.0 Å². The van der Waals surface area contributed by atoms with Gasteiger partial charge in [0.15, 0.2) is 11.6 Å². The molecule has 48 heavy (non-hydrogen) atoms. The number of aryl methyl sites for hydroxylation is 1. The van der Waals surface area contributed by atoms with Gasteiger partial charge in [-0.1, -0.05) is 62.2 Å². The molecule has 1 fully saturated rings. The van der Waals surface area contributed by atoms with E-state index in [-0.39, 0.29) is 42.7 Å². The molecule has 0 atom stereocenters. The highest BCUT2D eigenvalue weighted by Gasteiger charge is 2.43. The molecule has 0 amide bonds. The Morgan fingerprint density at radius 2 is 1.27 bits per heavy atom. The molecule has 2 nitrogen and oxygen atoms in total. The van der Waals surface area contributed by atoms with Crippen molar-refractivity contribution in [1.29, 1.82) is 0 Å². The van der Waals surface area contributed by atoms with E-state index in [1.807, 2.05) is 24.3 Å². The monoisotopic (exact) mass is 680 g/mol. The highest BCUT2D eigenvalue weighted by Crippen LogP contribution is 2.42. The molecule has 0 unspecified atom stereocenters. The Hall–Kier alpha value is -3.99. The van der Waals surface area contributed by atoms with Crippen molar-refractivity contribution in [3.63, 3.8) is 0 Å². The highest BCUT2D eigenvalue weighted by atomic mass is 19.4. The zero-order valence-corrected chi connectivity index (χ0v) is 26.0. The highest BCUT2D eigenvalue weighted by molar-refractivity contribution is 5.71. The fourth-order valence-electron chi connectivity index (χ4n) is 6.14. The fraction of sp³-hybridized carbons (Fsp3) is 0.351. The average molecular weight is 681 g/mol. The lowest BCUT2D eigenvalue weighted by Crippen LogP contribution is -2.31. The molecule has 0 bridgehead atoms. The predicted molar refractivity (Wildman–Crippen MR) is 163 cm³/mol. The summed E-state index contributed by atoms with van der Waals surface area (Å²) in [5.41, 5.74) is 0.769. The van der Waals surface area contributed by atoms with Crippen LogP contribution >= 0.6 is 0 Å². The van der Waals surface area contributed by atoms with Gasteiger partial charge < -0.3 is 9.47 Å². The van der Waals surface area contributed by atoms with Crippen LogP contribution in [0.5, 0.6) is 5.75 Å². The lowest BCUT2D eigenvalue weighted by atomic mass is 9.82. The van der Waals surface area contributed by atoms with Crippen molar-refractivity contribution in [2.75, 3.05) is 0 Å². The molecule has 0 aliphatic heterocycles. The van der Waals surface area contributed by atoms with E-state index in [1.165, 1.54) is 18.2 Å². The van der Waals surface area contributed by atoms with E-state index in [0.717, 1.165) is 48.9 Å². The zero-order chi connectivity index (χ0) is 34.6. The molecule has 1 aliphatic carbocycles. The number of unbranched alkanes of at least 4 members (excludes halogenated alkanes) is 2. The van der Waals surface area contributed by atoms with Gasteiger partial charge in [0.2, 0.25) is 0 Å². The molecule has 0 heterocycles. The predicted octanol–water partition coefficient (Wildman–Crippen LogP) is 12.0. The Morgan fingerprint density at radius 3 is 1.85 bits per heavy atom. The molecule has 0 aromatic heterocycles. The maximum absolute atomic E-state index is 15.2. The first-order valence-corrected chi connectivity index (χ1v) is 15.7. The van der Waals surface area contributed by atoms with E-state index >= 15 is 22.0 Å². The van der Waals surface area contributed by atoms with Gasteiger partial charge in [-0.3, -0.25) is 0 Å². The van der Waals surface area contributed by atoms with Crippen LogP contribution in [0.4, 0.5) is 39.5 Å². The van der Waals surface area contributed by atoms with Crippen LogP contribution in [-0.2, 0) is 17.3 Å². The molecule has 5 rings (SSSR count). The summed E-state index contributed by atoms with van der Waals surface area (Å²) in [5.74, 6) is -6.57. The Morgan fingerprint density at radius 1 is 0.646 bits per heavy atom. The Bertz CT molecular complexity index is 1690. The smallest absolute Gasteiger partial charge is 0.403 e. The Balaban J connectivity index is 1.24. The number of ether oxygens (including phenoxy) is 2. The minimum absolute atomic E-state index is 0.0170. The van der Waals surface area contributed by atoms with Crippen LogP contribution in [0.25, 0.3) is 22.3 Å².